The molecule has 0 radical (unpaired) electrons. The van der Waals surface area contributed by atoms with Crippen LogP contribution in [0.25, 0.3) is 0 Å². The maximum absolute atomic E-state index is 13.0. The van der Waals surface area contributed by atoms with Crippen molar-refractivity contribution in [3.8, 4) is 0 Å². The van der Waals surface area contributed by atoms with E-state index in [9.17, 15) is 23.1 Å². The van der Waals surface area contributed by atoms with E-state index in [-0.39, 0.29) is 48.5 Å². The molecule has 3 fully saturated rings. The molecule has 3 aliphatic heterocycles. The number of nitrogens with zero attached hydrogens (tertiary/aromatic N) is 2. The first-order chi connectivity index (χ1) is 12.4. The minimum atomic E-state index is -3.11. The van der Waals surface area contributed by atoms with Crippen LogP contribution in [0.2, 0.25) is 0 Å². The van der Waals surface area contributed by atoms with Gasteiger partial charge in [-0.3, -0.25) is 14.5 Å². The maximum atomic E-state index is 13.0. The molecule has 10 heteroatoms. The van der Waals surface area contributed by atoms with Crippen LogP contribution in [-0.4, -0.2) is 91.1 Å². The lowest BCUT2D eigenvalue weighted by Gasteiger charge is -2.36. The number of carbonyl (C=O) groups excluding carboxylic acids is 1. The summed E-state index contributed by atoms with van der Waals surface area (Å²) in [6, 6.07) is -0.964. The molecule has 0 aliphatic carbocycles. The van der Waals surface area contributed by atoms with E-state index in [1.54, 1.807) is 9.80 Å². The minimum Gasteiger partial charge on any atom is -0.480 e. The van der Waals surface area contributed by atoms with Crippen molar-refractivity contribution >= 4 is 34.1 Å². The molecule has 3 aliphatic rings. The number of aliphatic carboxylic acids is 1. The first-order valence-electron chi connectivity index (χ1n) is 9.44. The Morgan fingerprint density at radius 3 is 2.52 bits per heavy atom. The van der Waals surface area contributed by atoms with Crippen molar-refractivity contribution in [2.45, 2.75) is 56.7 Å². The molecule has 1 amide bonds. The molecule has 156 valence electrons. The van der Waals surface area contributed by atoms with Gasteiger partial charge in [-0.15, -0.1) is 12.4 Å². The molecule has 0 aromatic rings. The third-order valence-electron chi connectivity index (χ3n) is 5.63. The first kappa shape index (κ1) is 22.4. The molecule has 0 bridgehead atoms. The summed E-state index contributed by atoms with van der Waals surface area (Å²) in [5.41, 5.74) is 0. The van der Waals surface area contributed by atoms with Crippen molar-refractivity contribution < 1.29 is 27.9 Å². The molecule has 3 unspecified atom stereocenters. The zero-order chi connectivity index (χ0) is 18.7. The monoisotopic (exact) mass is 424 g/mol. The zero-order valence-corrected chi connectivity index (χ0v) is 17.0. The van der Waals surface area contributed by atoms with Gasteiger partial charge in [0.2, 0.25) is 5.91 Å². The van der Waals surface area contributed by atoms with E-state index in [0.717, 1.165) is 25.7 Å². The molecule has 0 aromatic carbocycles. The Bertz CT molecular complexity index is 637. The van der Waals surface area contributed by atoms with Crippen LogP contribution in [0.3, 0.4) is 0 Å². The summed E-state index contributed by atoms with van der Waals surface area (Å²) in [5.74, 6) is -0.982. The summed E-state index contributed by atoms with van der Waals surface area (Å²) in [4.78, 5) is 27.8. The Morgan fingerprint density at radius 1 is 1.15 bits per heavy atom. The number of hydrogen-bond donors (Lipinski definition) is 1. The van der Waals surface area contributed by atoms with Crippen molar-refractivity contribution in [2.24, 2.45) is 0 Å². The number of piperidine rings is 1. The fourth-order valence-electron chi connectivity index (χ4n) is 4.21. The summed E-state index contributed by atoms with van der Waals surface area (Å²) in [6.07, 6.45) is 4.48. The quantitative estimate of drug-likeness (QED) is 0.663. The highest BCUT2D eigenvalue weighted by Gasteiger charge is 2.38. The van der Waals surface area contributed by atoms with E-state index in [1.165, 1.54) is 0 Å². The summed E-state index contributed by atoms with van der Waals surface area (Å²) in [7, 11) is -3.11. The summed E-state index contributed by atoms with van der Waals surface area (Å²) >= 11 is 0. The lowest BCUT2D eigenvalue weighted by atomic mass is 10.0. The predicted molar refractivity (Wildman–Crippen MR) is 102 cm³/mol. The summed E-state index contributed by atoms with van der Waals surface area (Å²) in [6.45, 7) is 1.67. The highest BCUT2D eigenvalue weighted by Crippen LogP contribution is 2.23. The van der Waals surface area contributed by atoms with Gasteiger partial charge in [-0.1, -0.05) is 6.42 Å². The van der Waals surface area contributed by atoms with E-state index in [1.807, 2.05) is 0 Å². The van der Waals surface area contributed by atoms with Gasteiger partial charge in [-0.25, -0.2) is 8.42 Å². The van der Waals surface area contributed by atoms with Gasteiger partial charge in [0.25, 0.3) is 0 Å². The van der Waals surface area contributed by atoms with E-state index in [0.29, 0.717) is 32.5 Å². The molecule has 3 atom stereocenters. The average Bonchev–Trinajstić information content (AvgIpc) is 3.22. The number of carboxylic acid groups (broad SMARTS) is 1. The Hall–Kier alpha value is -0.900. The van der Waals surface area contributed by atoms with Crippen molar-refractivity contribution in [2.75, 3.05) is 37.7 Å². The number of carboxylic acids is 1. The third kappa shape index (κ3) is 5.79. The number of carbonyl (C=O) groups is 2. The summed E-state index contributed by atoms with van der Waals surface area (Å²) < 4.78 is 29.4. The Morgan fingerprint density at radius 2 is 1.93 bits per heavy atom. The van der Waals surface area contributed by atoms with Crippen molar-refractivity contribution in [3.05, 3.63) is 0 Å². The topological polar surface area (TPSA) is 104 Å². The first-order valence-corrected chi connectivity index (χ1v) is 11.3. The van der Waals surface area contributed by atoms with E-state index >= 15 is 0 Å². The standard InChI is InChI=1S/C17H28N2O6S.ClH/c20-16(11-18-7-2-1-5-15(18)17(21)22)19(10-14-4-3-8-25-14)13-6-9-26(23,24)12-13;/h13-15H,1-12H2,(H,21,22);1H. The second-order valence-corrected chi connectivity index (χ2v) is 9.79. The van der Waals surface area contributed by atoms with E-state index in [4.69, 9.17) is 4.74 Å². The van der Waals surface area contributed by atoms with Crippen LogP contribution in [0.5, 0.6) is 0 Å². The fraction of sp³-hybridized carbons (Fsp3) is 0.882. The number of sulfone groups is 1. The highest BCUT2D eigenvalue weighted by atomic mass is 35.5. The smallest absolute Gasteiger partial charge is 0.320 e. The maximum Gasteiger partial charge on any atom is 0.320 e. The molecule has 3 saturated heterocycles. The second kappa shape index (κ2) is 9.54. The van der Waals surface area contributed by atoms with E-state index < -0.39 is 21.8 Å². The summed E-state index contributed by atoms with van der Waals surface area (Å²) in [5, 5.41) is 9.40. The van der Waals surface area contributed by atoms with Gasteiger partial charge in [-0.2, -0.15) is 0 Å². The van der Waals surface area contributed by atoms with Gasteiger partial charge >= 0.3 is 5.97 Å². The molecule has 27 heavy (non-hydrogen) atoms. The van der Waals surface area contributed by atoms with Gasteiger partial charge in [0.05, 0.1) is 24.2 Å². The van der Waals surface area contributed by atoms with Gasteiger partial charge in [0.1, 0.15) is 6.04 Å². The second-order valence-electron chi connectivity index (χ2n) is 7.56. The van der Waals surface area contributed by atoms with Crippen LogP contribution < -0.4 is 0 Å². The van der Waals surface area contributed by atoms with Crippen molar-refractivity contribution in [1.29, 1.82) is 0 Å². The van der Waals surface area contributed by atoms with Crippen LogP contribution in [0.4, 0.5) is 0 Å². The molecule has 8 nitrogen and oxygen atoms in total. The molecule has 3 rings (SSSR count). The minimum absolute atomic E-state index is 0. The highest BCUT2D eigenvalue weighted by molar-refractivity contribution is 7.91. The van der Waals surface area contributed by atoms with Crippen molar-refractivity contribution in [1.82, 2.24) is 9.80 Å². The van der Waals surface area contributed by atoms with Crippen LogP contribution in [0.1, 0.15) is 38.5 Å². The predicted octanol–water partition coefficient (Wildman–Crippen LogP) is 0.542. The molecule has 0 spiro atoms. The number of rotatable bonds is 6. The van der Waals surface area contributed by atoms with Crippen LogP contribution in [-0.2, 0) is 24.2 Å². The number of ether oxygens (including phenoxy) is 1. The fourth-order valence-corrected chi connectivity index (χ4v) is 5.94. The number of halogens is 1. The van der Waals surface area contributed by atoms with Crippen LogP contribution in [0.15, 0.2) is 0 Å². The number of hydrogen-bond acceptors (Lipinski definition) is 6. The Labute approximate surface area is 166 Å². The molecule has 1 N–H and O–H groups in total. The molecular formula is C17H29ClN2O6S. The van der Waals surface area contributed by atoms with Gasteiger partial charge in [0, 0.05) is 19.2 Å². The van der Waals surface area contributed by atoms with Gasteiger partial charge < -0.3 is 14.7 Å². The molecule has 3 heterocycles. The van der Waals surface area contributed by atoms with Gasteiger partial charge in [-0.05, 0) is 38.6 Å². The molecular weight excluding hydrogens is 396 g/mol. The van der Waals surface area contributed by atoms with Gasteiger partial charge in [0.15, 0.2) is 9.84 Å². The zero-order valence-electron chi connectivity index (χ0n) is 15.4. The van der Waals surface area contributed by atoms with Crippen molar-refractivity contribution in [3.63, 3.8) is 0 Å². The normalized spacial score (nSPS) is 30.6. The third-order valence-corrected chi connectivity index (χ3v) is 7.38. The lowest BCUT2D eigenvalue weighted by molar-refractivity contribution is -0.147. The number of amides is 1. The van der Waals surface area contributed by atoms with E-state index in [2.05, 4.69) is 0 Å². The molecule has 0 saturated carbocycles. The average molecular weight is 425 g/mol. The Balaban J connectivity index is 0.00000261. The van der Waals surface area contributed by atoms with Crippen LogP contribution >= 0.6 is 12.4 Å². The lowest BCUT2D eigenvalue weighted by Crippen LogP contribution is -2.53. The largest absolute Gasteiger partial charge is 0.480 e. The van der Waals surface area contributed by atoms with Crippen LogP contribution in [0, 0.1) is 0 Å². The number of likely N-dealkylation sites (tertiary alicyclic amines) is 1. The SMILES string of the molecule is Cl.O=C(O)C1CCCCN1CC(=O)N(CC1CCCO1)C1CCS(=O)(=O)C1. The Kier molecular flexibility index (Phi) is 7.91. The molecule has 0 aromatic heterocycles.